The van der Waals surface area contributed by atoms with Gasteiger partial charge in [-0.2, -0.15) is 4.80 Å². The number of hydrogen-bond acceptors (Lipinski definition) is 7. The number of carbonyl (C=O) groups is 1. The Kier molecular flexibility index (Phi) is 4.44. The van der Waals surface area contributed by atoms with E-state index in [1.54, 1.807) is 4.90 Å². The molecule has 23 heavy (non-hydrogen) atoms. The standard InChI is InChI=1S/C13H17N5O3S2/c1-2-17(10-5-7-23(20,21)9-10)12(19)8-18-15-13(14-16-18)11-4-3-6-22-11/h3-4,6,10H,2,5,7-9H2,1H3/t10-/m1/s1. The molecule has 1 aliphatic rings. The molecule has 1 atom stereocenters. The topological polar surface area (TPSA) is 98.1 Å². The first-order valence-corrected chi connectivity index (χ1v) is 10.00. The van der Waals surface area contributed by atoms with Crippen LogP contribution in [0.3, 0.4) is 0 Å². The van der Waals surface area contributed by atoms with E-state index >= 15 is 0 Å². The van der Waals surface area contributed by atoms with Crippen molar-refractivity contribution >= 4 is 27.1 Å². The molecule has 0 aromatic carbocycles. The molecule has 0 spiro atoms. The molecule has 0 aliphatic carbocycles. The lowest BCUT2D eigenvalue weighted by atomic mass is 10.2. The van der Waals surface area contributed by atoms with Crippen molar-refractivity contribution < 1.29 is 13.2 Å². The Morgan fingerprint density at radius 2 is 2.35 bits per heavy atom. The lowest BCUT2D eigenvalue weighted by Gasteiger charge is -2.26. The maximum Gasteiger partial charge on any atom is 0.246 e. The molecule has 2 aromatic rings. The Labute approximate surface area is 138 Å². The van der Waals surface area contributed by atoms with Crippen LogP contribution < -0.4 is 0 Å². The van der Waals surface area contributed by atoms with Gasteiger partial charge in [-0.15, -0.1) is 21.5 Å². The van der Waals surface area contributed by atoms with Gasteiger partial charge in [0.1, 0.15) is 6.54 Å². The lowest BCUT2D eigenvalue weighted by Crippen LogP contribution is -2.42. The zero-order chi connectivity index (χ0) is 16.4. The normalized spacial score (nSPS) is 19.8. The summed E-state index contributed by atoms with van der Waals surface area (Å²) in [6.45, 7) is 2.27. The highest BCUT2D eigenvalue weighted by Crippen LogP contribution is 2.20. The summed E-state index contributed by atoms with van der Waals surface area (Å²) < 4.78 is 23.2. The summed E-state index contributed by atoms with van der Waals surface area (Å²) in [6, 6.07) is 3.53. The molecule has 10 heteroatoms. The van der Waals surface area contributed by atoms with Gasteiger partial charge in [-0.3, -0.25) is 4.79 Å². The summed E-state index contributed by atoms with van der Waals surface area (Å²) in [5.74, 6) is 0.479. The van der Waals surface area contributed by atoms with Crippen LogP contribution >= 0.6 is 11.3 Å². The second kappa shape index (κ2) is 6.36. The number of carbonyl (C=O) groups excluding carboxylic acids is 1. The van der Waals surface area contributed by atoms with E-state index in [9.17, 15) is 13.2 Å². The number of rotatable bonds is 5. The van der Waals surface area contributed by atoms with Crippen molar-refractivity contribution in [2.24, 2.45) is 0 Å². The minimum atomic E-state index is -3.03. The number of aromatic nitrogens is 4. The Balaban J connectivity index is 1.68. The molecule has 0 unspecified atom stereocenters. The maximum atomic E-state index is 12.4. The molecule has 1 fully saturated rings. The van der Waals surface area contributed by atoms with Gasteiger partial charge < -0.3 is 4.90 Å². The van der Waals surface area contributed by atoms with E-state index in [4.69, 9.17) is 0 Å². The van der Waals surface area contributed by atoms with Gasteiger partial charge in [-0.05, 0) is 30.0 Å². The second-order valence-electron chi connectivity index (χ2n) is 5.36. The van der Waals surface area contributed by atoms with Crippen molar-refractivity contribution in [1.29, 1.82) is 0 Å². The van der Waals surface area contributed by atoms with E-state index in [0.29, 0.717) is 18.8 Å². The van der Waals surface area contributed by atoms with Crippen LogP contribution in [-0.4, -0.2) is 63.5 Å². The van der Waals surface area contributed by atoms with Gasteiger partial charge in [-0.25, -0.2) is 8.42 Å². The molecule has 0 radical (unpaired) electrons. The third kappa shape index (κ3) is 3.58. The Bertz CT molecular complexity index is 784. The highest BCUT2D eigenvalue weighted by atomic mass is 32.2. The second-order valence-corrected chi connectivity index (χ2v) is 8.53. The predicted octanol–water partition coefficient (Wildman–Crippen LogP) is 0.437. The molecule has 1 aliphatic heterocycles. The molecule has 0 N–H and O–H groups in total. The predicted molar refractivity (Wildman–Crippen MR) is 85.6 cm³/mol. The molecule has 8 nitrogen and oxygen atoms in total. The number of nitrogens with zero attached hydrogens (tertiary/aromatic N) is 5. The van der Waals surface area contributed by atoms with Crippen LogP contribution in [0.4, 0.5) is 0 Å². The van der Waals surface area contributed by atoms with Crippen LogP contribution in [0.5, 0.6) is 0 Å². The van der Waals surface area contributed by atoms with Crippen molar-refractivity contribution in [3.63, 3.8) is 0 Å². The van der Waals surface area contributed by atoms with Crippen molar-refractivity contribution in [1.82, 2.24) is 25.1 Å². The largest absolute Gasteiger partial charge is 0.337 e. The van der Waals surface area contributed by atoms with Crippen molar-refractivity contribution in [3.8, 4) is 10.7 Å². The Morgan fingerprint density at radius 3 is 2.96 bits per heavy atom. The first-order valence-electron chi connectivity index (χ1n) is 7.30. The fourth-order valence-electron chi connectivity index (χ4n) is 2.69. The number of likely N-dealkylation sites (N-methyl/N-ethyl adjacent to an activating group) is 1. The van der Waals surface area contributed by atoms with Crippen LogP contribution in [0.25, 0.3) is 10.7 Å². The van der Waals surface area contributed by atoms with E-state index in [0.717, 1.165) is 4.88 Å². The highest BCUT2D eigenvalue weighted by Gasteiger charge is 2.34. The summed E-state index contributed by atoms with van der Waals surface area (Å²) in [5, 5.41) is 14.0. The summed E-state index contributed by atoms with van der Waals surface area (Å²) in [6.07, 6.45) is 0.493. The summed E-state index contributed by atoms with van der Waals surface area (Å²) in [5.41, 5.74) is 0. The van der Waals surface area contributed by atoms with Gasteiger partial charge in [-0.1, -0.05) is 6.07 Å². The SMILES string of the molecule is CCN(C(=O)Cn1nnc(-c2cccs2)n1)[C@@H]1CCS(=O)(=O)C1. The van der Waals surface area contributed by atoms with Crippen LogP contribution in [-0.2, 0) is 21.2 Å². The molecule has 3 rings (SSSR count). The molecule has 2 aromatic heterocycles. The zero-order valence-corrected chi connectivity index (χ0v) is 14.3. The van der Waals surface area contributed by atoms with Crippen molar-refractivity contribution in [2.45, 2.75) is 25.9 Å². The van der Waals surface area contributed by atoms with E-state index in [-0.39, 0.29) is 30.0 Å². The van der Waals surface area contributed by atoms with Gasteiger partial charge in [0, 0.05) is 12.6 Å². The monoisotopic (exact) mass is 355 g/mol. The smallest absolute Gasteiger partial charge is 0.246 e. The van der Waals surface area contributed by atoms with Crippen molar-refractivity contribution in [2.75, 3.05) is 18.1 Å². The molecular weight excluding hydrogens is 338 g/mol. The minimum absolute atomic E-state index is 0.0389. The van der Waals surface area contributed by atoms with Gasteiger partial charge in [0.15, 0.2) is 9.84 Å². The van der Waals surface area contributed by atoms with Gasteiger partial charge >= 0.3 is 0 Å². The summed E-state index contributed by atoms with van der Waals surface area (Å²) in [4.78, 5) is 16.2. The Hall–Kier alpha value is -1.81. The van der Waals surface area contributed by atoms with Gasteiger partial charge in [0.2, 0.25) is 11.7 Å². The van der Waals surface area contributed by atoms with Crippen LogP contribution in [0.1, 0.15) is 13.3 Å². The summed E-state index contributed by atoms with van der Waals surface area (Å²) in [7, 11) is -3.03. The first-order chi connectivity index (χ1) is 11.0. The highest BCUT2D eigenvalue weighted by molar-refractivity contribution is 7.91. The molecule has 0 saturated carbocycles. The number of tetrazole rings is 1. The maximum absolute atomic E-state index is 12.4. The fraction of sp³-hybridized carbons (Fsp3) is 0.538. The third-order valence-corrected chi connectivity index (χ3v) is 6.40. The van der Waals surface area contributed by atoms with Gasteiger partial charge in [0.05, 0.1) is 16.4 Å². The number of thiophene rings is 1. The number of amides is 1. The molecule has 1 amide bonds. The minimum Gasteiger partial charge on any atom is -0.337 e. The van der Waals surface area contributed by atoms with E-state index in [1.807, 2.05) is 24.4 Å². The van der Waals surface area contributed by atoms with E-state index in [2.05, 4.69) is 15.4 Å². The van der Waals surface area contributed by atoms with Crippen LogP contribution in [0.15, 0.2) is 17.5 Å². The number of hydrogen-bond donors (Lipinski definition) is 0. The summed E-state index contributed by atoms with van der Waals surface area (Å²) >= 11 is 1.50. The van der Waals surface area contributed by atoms with Crippen LogP contribution in [0, 0.1) is 0 Å². The van der Waals surface area contributed by atoms with Crippen molar-refractivity contribution in [3.05, 3.63) is 17.5 Å². The van der Waals surface area contributed by atoms with Crippen LogP contribution in [0.2, 0.25) is 0 Å². The fourth-order valence-corrected chi connectivity index (χ4v) is 5.06. The zero-order valence-electron chi connectivity index (χ0n) is 12.6. The quantitative estimate of drug-likeness (QED) is 0.772. The van der Waals surface area contributed by atoms with E-state index < -0.39 is 9.84 Å². The molecular formula is C13H17N5O3S2. The third-order valence-electron chi connectivity index (χ3n) is 3.78. The van der Waals surface area contributed by atoms with E-state index in [1.165, 1.54) is 16.1 Å². The Morgan fingerprint density at radius 1 is 1.52 bits per heavy atom. The molecule has 3 heterocycles. The lowest BCUT2D eigenvalue weighted by molar-refractivity contribution is -0.133. The molecule has 124 valence electrons. The molecule has 1 saturated heterocycles. The van der Waals surface area contributed by atoms with Gasteiger partial charge in [0.25, 0.3) is 0 Å². The number of sulfone groups is 1. The first kappa shape index (κ1) is 16.1. The molecule has 0 bridgehead atoms. The average Bonchev–Trinajstić information content (AvgIpc) is 3.20. The average molecular weight is 355 g/mol.